The highest BCUT2D eigenvalue weighted by Gasteiger charge is 2.21. The van der Waals surface area contributed by atoms with Crippen LogP contribution in [0, 0.1) is 23.0 Å². The van der Waals surface area contributed by atoms with Crippen molar-refractivity contribution >= 4 is 16.8 Å². The molecule has 0 aliphatic rings. The molecule has 0 saturated heterocycles. The summed E-state index contributed by atoms with van der Waals surface area (Å²) >= 11 is 0. The van der Waals surface area contributed by atoms with Crippen LogP contribution in [0.2, 0.25) is 0 Å². The van der Waals surface area contributed by atoms with Gasteiger partial charge in [-0.1, -0.05) is 24.3 Å². The SMILES string of the molecule is N#CC(NC(=O)c1cc(-c2ccco2)nc2ccccc12)c1ccc(F)cc1F. The van der Waals surface area contributed by atoms with Gasteiger partial charge in [-0.05, 0) is 30.3 Å². The van der Waals surface area contributed by atoms with Crippen LogP contribution in [0.4, 0.5) is 8.78 Å². The summed E-state index contributed by atoms with van der Waals surface area (Å²) < 4.78 is 32.6. The van der Waals surface area contributed by atoms with E-state index < -0.39 is 23.6 Å². The molecule has 0 radical (unpaired) electrons. The molecule has 0 saturated carbocycles. The number of pyridine rings is 1. The van der Waals surface area contributed by atoms with E-state index in [0.29, 0.717) is 28.4 Å². The van der Waals surface area contributed by atoms with Gasteiger partial charge in [0.1, 0.15) is 23.4 Å². The fourth-order valence-corrected chi connectivity index (χ4v) is 3.04. The maximum Gasteiger partial charge on any atom is 0.253 e. The zero-order valence-electron chi connectivity index (χ0n) is 14.9. The van der Waals surface area contributed by atoms with Crippen LogP contribution in [-0.2, 0) is 0 Å². The monoisotopic (exact) mass is 389 g/mol. The van der Waals surface area contributed by atoms with Gasteiger partial charge >= 0.3 is 0 Å². The van der Waals surface area contributed by atoms with E-state index >= 15 is 0 Å². The number of nitrogens with one attached hydrogen (secondary N) is 1. The molecule has 142 valence electrons. The lowest BCUT2D eigenvalue weighted by molar-refractivity contribution is 0.0946. The third kappa shape index (κ3) is 3.56. The molecule has 1 unspecified atom stereocenters. The Morgan fingerprint density at radius 2 is 1.93 bits per heavy atom. The molecule has 2 heterocycles. The Kier molecular flexibility index (Phi) is 4.75. The van der Waals surface area contributed by atoms with Crippen molar-refractivity contribution in [3.8, 4) is 17.5 Å². The van der Waals surface area contributed by atoms with Crippen LogP contribution in [0.1, 0.15) is 22.0 Å². The molecular formula is C22H13F2N3O2. The minimum absolute atomic E-state index is 0.119. The molecule has 2 aromatic heterocycles. The van der Waals surface area contributed by atoms with Crippen LogP contribution in [0.3, 0.4) is 0 Å². The number of amides is 1. The molecule has 4 rings (SSSR count). The highest BCUT2D eigenvalue weighted by atomic mass is 19.1. The average Bonchev–Trinajstić information content (AvgIpc) is 3.26. The topological polar surface area (TPSA) is 78.9 Å². The van der Waals surface area contributed by atoms with Crippen LogP contribution in [0.25, 0.3) is 22.4 Å². The summed E-state index contributed by atoms with van der Waals surface area (Å²) in [7, 11) is 0. The summed E-state index contributed by atoms with van der Waals surface area (Å²) in [6.07, 6.45) is 1.50. The number of rotatable bonds is 4. The van der Waals surface area contributed by atoms with Crippen molar-refractivity contribution in [1.29, 1.82) is 5.26 Å². The Hall–Kier alpha value is -4.05. The van der Waals surface area contributed by atoms with Gasteiger partial charge in [-0.2, -0.15) is 5.26 Å². The Morgan fingerprint density at radius 3 is 2.66 bits per heavy atom. The lowest BCUT2D eigenvalue weighted by atomic mass is 10.0. The number of nitrogens with zero attached hydrogens (tertiary/aromatic N) is 2. The van der Waals surface area contributed by atoms with Crippen LogP contribution in [0.5, 0.6) is 0 Å². The van der Waals surface area contributed by atoms with Gasteiger partial charge in [0.15, 0.2) is 5.76 Å². The molecule has 1 N–H and O–H groups in total. The van der Waals surface area contributed by atoms with Gasteiger partial charge in [0, 0.05) is 17.0 Å². The molecule has 1 atom stereocenters. The molecular weight excluding hydrogens is 376 g/mol. The Balaban J connectivity index is 1.75. The van der Waals surface area contributed by atoms with Crippen LogP contribution in [-0.4, -0.2) is 10.9 Å². The molecule has 1 amide bonds. The highest BCUT2D eigenvalue weighted by Crippen LogP contribution is 2.26. The molecule has 0 bridgehead atoms. The number of fused-ring (bicyclic) bond motifs is 1. The van der Waals surface area contributed by atoms with E-state index in [1.165, 1.54) is 6.26 Å². The van der Waals surface area contributed by atoms with Crippen LogP contribution < -0.4 is 5.32 Å². The van der Waals surface area contributed by atoms with Gasteiger partial charge in [0.25, 0.3) is 5.91 Å². The zero-order chi connectivity index (χ0) is 20.4. The van der Waals surface area contributed by atoms with E-state index in [1.54, 1.807) is 42.5 Å². The first-order valence-electron chi connectivity index (χ1n) is 8.66. The minimum Gasteiger partial charge on any atom is -0.463 e. The number of halogens is 2. The summed E-state index contributed by atoms with van der Waals surface area (Å²) in [6.45, 7) is 0. The smallest absolute Gasteiger partial charge is 0.253 e. The van der Waals surface area contributed by atoms with Crippen molar-refractivity contribution < 1.29 is 18.0 Å². The van der Waals surface area contributed by atoms with Gasteiger partial charge in [0.2, 0.25) is 0 Å². The van der Waals surface area contributed by atoms with Gasteiger partial charge in [-0.3, -0.25) is 4.79 Å². The third-order valence-electron chi connectivity index (χ3n) is 4.41. The summed E-state index contributed by atoms with van der Waals surface area (Å²) in [6, 6.07) is 15.4. The summed E-state index contributed by atoms with van der Waals surface area (Å²) in [5, 5.41) is 12.5. The van der Waals surface area contributed by atoms with Gasteiger partial charge < -0.3 is 9.73 Å². The summed E-state index contributed by atoms with van der Waals surface area (Å²) in [4.78, 5) is 17.5. The summed E-state index contributed by atoms with van der Waals surface area (Å²) in [5.74, 6) is -1.79. The first-order chi connectivity index (χ1) is 14.1. The zero-order valence-corrected chi connectivity index (χ0v) is 14.9. The van der Waals surface area contributed by atoms with Crippen molar-refractivity contribution in [3.05, 3.63) is 89.7 Å². The number of hydrogen-bond donors (Lipinski definition) is 1. The standard InChI is InChI=1S/C22H13F2N3O2/c23-13-7-8-15(17(24)10-13)20(12-25)27-22(28)16-11-19(21-6-3-9-29-21)26-18-5-2-1-4-14(16)18/h1-11,20H,(H,27,28). The molecule has 0 aliphatic heterocycles. The van der Waals surface area contributed by atoms with Gasteiger partial charge in [-0.15, -0.1) is 0 Å². The number of hydrogen-bond acceptors (Lipinski definition) is 4. The van der Waals surface area contributed by atoms with Crippen molar-refractivity contribution in [1.82, 2.24) is 10.3 Å². The van der Waals surface area contributed by atoms with Gasteiger partial charge in [0.05, 0.1) is 23.4 Å². The molecule has 4 aromatic rings. The number of para-hydroxylation sites is 1. The van der Waals surface area contributed by atoms with Crippen LogP contribution in [0.15, 0.2) is 71.3 Å². The highest BCUT2D eigenvalue weighted by molar-refractivity contribution is 6.07. The predicted molar refractivity (Wildman–Crippen MR) is 102 cm³/mol. The van der Waals surface area contributed by atoms with Crippen molar-refractivity contribution in [2.75, 3.05) is 0 Å². The molecule has 29 heavy (non-hydrogen) atoms. The number of carbonyl (C=O) groups is 1. The first-order valence-corrected chi connectivity index (χ1v) is 8.66. The van der Waals surface area contributed by atoms with E-state index in [0.717, 1.165) is 12.1 Å². The number of nitriles is 1. The quantitative estimate of drug-likeness (QED) is 0.545. The van der Waals surface area contributed by atoms with Crippen LogP contribution >= 0.6 is 0 Å². The number of carbonyl (C=O) groups excluding carboxylic acids is 1. The minimum atomic E-state index is -1.29. The second-order valence-corrected chi connectivity index (χ2v) is 6.25. The predicted octanol–water partition coefficient (Wildman–Crippen LogP) is 4.77. The maximum absolute atomic E-state index is 14.1. The molecule has 7 heteroatoms. The van der Waals surface area contributed by atoms with E-state index in [2.05, 4.69) is 10.3 Å². The van der Waals surface area contributed by atoms with Crippen molar-refractivity contribution in [2.45, 2.75) is 6.04 Å². The number of aromatic nitrogens is 1. The second-order valence-electron chi connectivity index (χ2n) is 6.25. The normalized spacial score (nSPS) is 11.8. The first kappa shape index (κ1) is 18.3. The number of furan rings is 1. The molecule has 0 fully saturated rings. The third-order valence-corrected chi connectivity index (χ3v) is 4.41. The average molecular weight is 389 g/mol. The lowest BCUT2D eigenvalue weighted by Gasteiger charge is -2.14. The largest absolute Gasteiger partial charge is 0.463 e. The molecule has 0 spiro atoms. The number of benzene rings is 2. The second kappa shape index (κ2) is 7.52. The summed E-state index contributed by atoms with van der Waals surface area (Å²) in [5.41, 5.74) is 1.14. The van der Waals surface area contributed by atoms with Crippen molar-refractivity contribution in [3.63, 3.8) is 0 Å². The van der Waals surface area contributed by atoms with E-state index in [4.69, 9.17) is 4.42 Å². The fraction of sp³-hybridized carbons (Fsp3) is 0.0455. The molecule has 0 aliphatic carbocycles. The molecule has 2 aromatic carbocycles. The maximum atomic E-state index is 14.1. The Morgan fingerprint density at radius 1 is 1.10 bits per heavy atom. The molecule has 5 nitrogen and oxygen atoms in total. The lowest BCUT2D eigenvalue weighted by Crippen LogP contribution is -2.28. The van der Waals surface area contributed by atoms with E-state index in [-0.39, 0.29) is 11.1 Å². The Labute approximate surface area is 164 Å². The van der Waals surface area contributed by atoms with E-state index in [1.807, 2.05) is 6.07 Å². The fourth-order valence-electron chi connectivity index (χ4n) is 3.04. The van der Waals surface area contributed by atoms with Crippen molar-refractivity contribution in [2.24, 2.45) is 0 Å². The van der Waals surface area contributed by atoms with E-state index in [9.17, 15) is 18.8 Å². The van der Waals surface area contributed by atoms with Gasteiger partial charge in [-0.25, -0.2) is 13.8 Å². The Bertz CT molecular complexity index is 1250.